The van der Waals surface area contributed by atoms with E-state index in [0.717, 1.165) is 18.6 Å². The first-order chi connectivity index (χ1) is 9.57. The summed E-state index contributed by atoms with van der Waals surface area (Å²) >= 11 is 0. The predicted octanol–water partition coefficient (Wildman–Crippen LogP) is 0.971. The van der Waals surface area contributed by atoms with Crippen molar-refractivity contribution in [2.75, 3.05) is 17.8 Å². The molecule has 0 saturated heterocycles. The molecule has 0 aliphatic carbocycles. The molecule has 0 radical (unpaired) electrons. The summed E-state index contributed by atoms with van der Waals surface area (Å²) in [4.78, 5) is -0.117. The molecule has 2 rings (SSSR count). The summed E-state index contributed by atoms with van der Waals surface area (Å²) in [5.74, 6) is 0. The smallest absolute Gasteiger partial charge is 0.177 e. The number of aromatic nitrogens is 2. The standard InChI is InChI=1S/C12H15N3O4S2/c1-15-8-9(7-13-15)14-11-5-4-10(20(2,16)17)6-12(11)21(3,18)19/h4-8,14H,1-3H3. The fourth-order valence-corrected chi connectivity index (χ4v) is 3.37. The van der Waals surface area contributed by atoms with Crippen LogP contribution in [0.4, 0.5) is 11.4 Å². The van der Waals surface area contributed by atoms with Gasteiger partial charge in [0.2, 0.25) is 0 Å². The lowest BCUT2D eigenvalue weighted by Crippen LogP contribution is -2.06. The van der Waals surface area contributed by atoms with E-state index in [1.807, 2.05) is 0 Å². The van der Waals surface area contributed by atoms with E-state index in [1.54, 1.807) is 17.9 Å². The first-order valence-corrected chi connectivity index (χ1v) is 9.65. The van der Waals surface area contributed by atoms with Gasteiger partial charge in [0.25, 0.3) is 0 Å². The van der Waals surface area contributed by atoms with E-state index >= 15 is 0 Å². The van der Waals surface area contributed by atoms with Crippen molar-refractivity contribution < 1.29 is 16.8 Å². The predicted molar refractivity (Wildman–Crippen MR) is 79.2 cm³/mol. The maximum atomic E-state index is 11.9. The van der Waals surface area contributed by atoms with Gasteiger partial charge in [-0.3, -0.25) is 4.68 Å². The number of sulfone groups is 2. The van der Waals surface area contributed by atoms with E-state index in [4.69, 9.17) is 0 Å². The number of hydrogen-bond donors (Lipinski definition) is 1. The van der Waals surface area contributed by atoms with Crippen molar-refractivity contribution in [3.05, 3.63) is 30.6 Å². The number of rotatable bonds is 4. The highest BCUT2D eigenvalue weighted by molar-refractivity contribution is 7.91. The molecule has 0 unspecified atom stereocenters. The molecular formula is C12H15N3O4S2. The fourth-order valence-electron chi connectivity index (χ4n) is 1.78. The minimum atomic E-state index is -3.58. The van der Waals surface area contributed by atoms with Crippen LogP contribution in [0.15, 0.2) is 40.4 Å². The van der Waals surface area contributed by atoms with Crippen LogP contribution >= 0.6 is 0 Å². The molecule has 0 bridgehead atoms. The van der Waals surface area contributed by atoms with Crippen LogP contribution in [0.1, 0.15) is 0 Å². The van der Waals surface area contributed by atoms with Gasteiger partial charge in [0.1, 0.15) is 0 Å². The first-order valence-electron chi connectivity index (χ1n) is 5.87. The average molecular weight is 329 g/mol. The molecule has 0 saturated carbocycles. The van der Waals surface area contributed by atoms with Crippen molar-refractivity contribution in [1.82, 2.24) is 9.78 Å². The summed E-state index contributed by atoms with van der Waals surface area (Å²) < 4.78 is 48.4. The molecule has 1 N–H and O–H groups in total. The maximum absolute atomic E-state index is 11.9. The van der Waals surface area contributed by atoms with Crippen molar-refractivity contribution in [2.24, 2.45) is 7.05 Å². The van der Waals surface area contributed by atoms with E-state index in [9.17, 15) is 16.8 Å². The van der Waals surface area contributed by atoms with Gasteiger partial charge < -0.3 is 5.32 Å². The highest BCUT2D eigenvalue weighted by Gasteiger charge is 2.18. The summed E-state index contributed by atoms with van der Waals surface area (Å²) in [5, 5.41) is 6.89. The van der Waals surface area contributed by atoms with Crippen molar-refractivity contribution in [1.29, 1.82) is 0 Å². The van der Waals surface area contributed by atoms with Crippen molar-refractivity contribution in [2.45, 2.75) is 9.79 Å². The maximum Gasteiger partial charge on any atom is 0.177 e. The van der Waals surface area contributed by atoms with Gasteiger partial charge in [0.05, 0.1) is 27.4 Å². The fraction of sp³-hybridized carbons (Fsp3) is 0.250. The molecule has 1 aromatic carbocycles. The van der Waals surface area contributed by atoms with Crippen LogP contribution in [0.3, 0.4) is 0 Å². The van der Waals surface area contributed by atoms with Gasteiger partial charge in [-0.15, -0.1) is 0 Å². The van der Waals surface area contributed by atoms with Crippen LogP contribution < -0.4 is 5.32 Å². The minimum absolute atomic E-state index is 0.0420. The Morgan fingerprint density at radius 1 is 1.10 bits per heavy atom. The molecule has 0 aliphatic heterocycles. The number of anilines is 2. The number of nitrogens with zero attached hydrogens (tertiary/aromatic N) is 2. The van der Waals surface area contributed by atoms with Crippen molar-refractivity contribution in [3.63, 3.8) is 0 Å². The number of nitrogens with one attached hydrogen (secondary N) is 1. The molecule has 114 valence electrons. The molecule has 1 aromatic heterocycles. The minimum Gasteiger partial charge on any atom is -0.352 e. The summed E-state index contributed by atoms with van der Waals surface area (Å²) in [7, 11) is -5.33. The Balaban J connectivity index is 2.56. The van der Waals surface area contributed by atoms with Gasteiger partial charge >= 0.3 is 0 Å². The third-order valence-corrected chi connectivity index (χ3v) is 5.01. The largest absolute Gasteiger partial charge is 0.352 e. The van der Waals surface area contributed by atoms with Gasteiger partial charge in [-0.05, 0) is 18.2 Å². The Labute approximate surface area is 123 Å². The third-order valence-electron chi connectivity index (χ3n) is 2.76. The van der Waals surface area contributed by atoms with Gasteiger partial charge in [-0.2, -0.15) is 5.10 Å². The summed E-state index contributed by atoms with van der Waals surface area (Å²) in [6.45, 7) is 0. The van der Waals surface area contributed by atoms with Crippen LogP contribution in [-0.4, -0.2) is 39.1 Å². The topological polar surface area (TPSA) is 98.1 Å². The molecule has 1 heterocycles. The molecule has 7 nitrogen and oxygen atoms in total. The Morgan fingerprint density at radius 3 is 2.24 bits per heavy atom. The lowest BCUT2D eigenvalue weighted by Gasteiger charge is -2.11. The normalized spacial score (nSPS) is 12.3. The molecular weight excluding hydrogens is 314 g/mol. The van der Waals surface area contributed by atoms with E-state index in [-0.39, 0.29) is 9.79 Å². The number of aryl methyl sites for hydroxylation is 1. The molecule has 0 aliphatic rings. The average Bonchev–Trinajstić information content (AvgIpc) is 2.72. The second-order valence-electron chi connectivity index (χ2n) is 4.73. The molecule has 9 heteroatoms. The number of hydrogen-bond acceptors (Lipinski definition) is 6. The monoisotopic (exact) mass is 329 g/mol. The molecule has 0 spiro atoms. The zero-order valence-electron chi connectivity index (χ0n) is 11.7. The summed E-state index contributed by atoms with van der Waals surface area (Å²) in [5.41, 5.74) is 0.910. The van der Waals surface area contributed by atoms with E-state index in [1.165, 1.54) is 18.3 Å². The van der Waals surface area contributed by atoms with Gasteiger partial charge in [0.15, 0.2) is 19.7 Å². The quantitative estimate of drug-likeness (QED) is 0.897. The highest BCUT2D eigenvalue weighted by atomic mass is 32.2. The molecule has 0 amide bonds. The zero-order chi connectivity index (χ0) is 15.8. The molecule has 2 aromatic rings. The third kappa shape index (κ3) is 3.61. The first kappa shape index (κ1) is 15.5. The number of benzene rings is 1. The summed E-state index contributed by atoms with van der Waals surface area (Å²) in [6, 6.07) is 3.95. The Kier molecular flexibility index (Phi) is 3.81. The highest BCUT2D eigenvalue weighted by Crippen LogP contribution is 2.27. The Hall–Kier alpha value is -1.87. The van der Waals surface area contributed by atoms with Crippen molar-refractivity contribution in [3.8, 4) is 0 Å². The second-order valence-corrected chi connectivity index (χ2v) is 8.73. The lowest BCUT2D eigenvalue weighted by atomic mass is 10.3. The van der Waals surface area contributed by atoms with Gasteiger partial charge in [-0.25, -0.2) is 16.8 Å². The van der Waals surface area contributed by atoms with Gasteiger partial charge in [-0.1, -0.05) is 0 Å². The van der Waals surface area contributed by atoms with E-state index in [2.05, 4.69) is 10.4 Å². The second kappa shape index (κ2) is 5.15. The summed E-state index contributed by atoms with van der Waals surface area (Å²) in [6.07, 6.45) is 5.28. The van der Waals surface area contributed by atoms with E-state index < -0.39 is 19.7 Å². The van der Waals surface area contributed by atoms with Crippen LogP contribution in [0.2, 0.25) is 0 Å². The van der Waals surface area contributed by atoms with Crippen LogP contribution in [0.25, 0.3) is 0 Å². The van der Waals surface area contributed by atoms with Crippen molar-refractivity contribution >= 4 is 31.0 Å². The molecule has 21 heavy (non-hydrogen) atoms. The van der Waals surface area contributed by atoms with Crippen LogP contribution in [0.5, 0.6) is 0 Å². The van der Waals surface area contributed by atoms with Crippen LogP contribution in [-0.2, 0) is 26.7 Å². The van der Waals surface area contributed by atoms with Crippen LogP contribution in [0, 0.1) is 0 Å². The Bertz CT molecular complexity index is 883. The molecule has 0 fully saturated rings. The zero-order valence-corrected chi connectivity index (χ0v) is 13.4. The van der Waals surface area contributed by atoms with Gasteiger partial charge in [0, 0.05) is 25.8 Å². The van der Waals surface area contributed by atoms with E-state index in [0.29, 0.717) is 11.4 Å². The molecule has 0 atom stereocenters. The Morgan fingerprint density at radius 2 is 1.76 bits per heavy atom. The SMILES string of the molecule is Cn1cc(Nc2ccc(S(C)(=O)=O)cc2S(C)(=O)=O)cn1. The lowest BCUT2D eigenvalue weighted by molar-refractivity contribution is 0.600.